The minimum absolute atomic E-state index is 0.595. The third kappa shape index (κ3) is 1.27. The van der Waals surface area contributed by atoms with Gasteiger partial charge >= 0.3 is 0 Å². The molecule has 0 aromatic rings. The lowest BCUT2D eigenvalue weighted by atomic mass is 10.7. The number of rotatable bonds is 0. The highest BCUT2D eigenvalue weighted by molar-refractivity contribution is 14.1. The monoisotopic (exact) mass is 213 g/mol. The predicted octanol–water partition coefficient (Wildman–Crippen LogP) is 0.667. The summed E-state index contributed by atoms with van der Waals surface area (Å²) < 4.78 is 5.68. The summed E-state index contributed by atoms with van der Waals surface area (Å²) in [7, 11) is 2.06. The van der Waals surface area contributed by atoms with Crippen molar-refractivity contribution in [3.63, 3.8) is 0 Å². The zero-order chi connectivity index (χ0) is 5.28. The van der Waals surface area contributed by atoms with Crippen LogP contribution >= 0.6 is 22.6 Å². The minimum Gasteiger partial charge on any atom is -0.364 e. The number of halogens is 1. The van der Waals surface area contributed by atoms with Gasteiger partial charge in [0.05, 0.1) is 17.4 Å². The Morgan fingerprint density at radius 1 is 1.86 bits per heavy atom. The predicted molar refractivity (Wildman–Crippen MR) is 36.4 cm³/mol. The highest BCUT2D eigenvalue weighted by Crippen LogP contribution is 2.11. The topological polar surface area (TPSA) is 12.5 Å². The number of hydrogen-bond donors (Lipinski definition) is 0. The number of nitrogens with zero attached hydrogens (tertiary/aromatic N) is 1. The molecule has 1 heterocycles. The van der Waals surface area contributed by atoms with Crippen LogP contribution in [0.2, 0.25) is 0 Å². The first kappa shape index (κ1) is 5.78. The fourth-order valence-electron chi connectivity index (χ4n) is 0.502. The molecule has 0 aromatic carbocycles. The Morgan fingerprint density at radius 3 is 2.71 bits per heavy atom. The van der Waals surface area contributed by atoms with Crippen LogP contribution in [0.4, 0.5) is 0 Å². The molecule has 42 valence electrons. The lowest BCUT2D eigenvalue weighted by Gasteiger charge is -2.07. The SMILES string of the molecule is CN1COCC1I. The molecule has 0 bridgehead atoms. The summed E-state index contributed by atoms with van der Waals surface area (Å²) >= 11 is 2.36. The average molecular weight is 213 g/mol. The second-order valence-electron chi connectivity index (χ2n) is 1.69. The fraction of sp³-hybridized carbons (Fsp3) is 1.00. The van der Waals surface area contributed by atoms with Gasteiger partial charge in [0, 0.05) is 0 Å². The number of alkyl halides is 1. The van der Waals surface area contributed by atoms with Crippen molar-refractivity contribution >= 4 is 22.6 Å². The molecule has 1 rings (SSSR count). The normalized spacial score (nSPS) is 34.3. The maximum absolute atomic E-state index is 5.09. The molecular weight excluding hydrogens is 205 g/mol. The maximum Gasteiger partial charge on any atom is 0.0998 e. The van der Waals surface area contributed by atoms with Crippen molar-refractivity contribution in [2.24, 2.45) is 0 Å². The summed E-state index contributed by atoms with van der Waals surface area (Å²) in [6.07, 6.45) is 0. The molecule has 1 atom stereocenters. The summed E-state index contributed by atoms with van der Waals surface area (Å²) in [6, 6.07) is 0. The zero-order valence-corrected chi connectivity index (χ0v) is 6.38. The lowest BCUT2D eigenvalue weighted by Crippen LogP contribution is -2.19. The second-order valence-corrected chi connectivity index (χ2v) is 3.13. The first-order valence-electron chi connectivity index (χ1n) is 2.23. The van der Waals surface area contributed by atoms with Crippen molar-refractivity contribution < 1.29 is 4.74 Å². The van der Waals surface area contributed by atoms with Gasteiger partial charge in [-0.2, -0.15) is 0 Å². The molecule has 2 nitrogen and oxygen atoms in total. The average Bonchev–Trinajstić information content (AvgIpc) is 1.91. The van der Waals surface area contributed by atoms with Crippen molar-refractivity contribution in [3.8, 4) is 0 Å². The molecule has 1 saturated heterocycles. The first-order chi connectivity index (χ1) is 3.30. The first-order valence-corrected chi connectivity index (χ1v) is 3.47. The van der Waals surface area contributed by atoms with Gasteiger partial charge in [-0.25, -0.2) is 0 Å². The molecule has 1 aliphatic rings. The van der Waals surface area contributed by atoms with Gasteiger partial charge < -0.3 is 4.74 Å². The Hall–Kier alpha value is 0.650. The van der Waals surface area contributed by atoms with E-state index in [1.165, 1.54) is 0 Å². The van der Waals surface area contributed by atoms with E-state index in [0.717, 1.165) is 13.3 Å². The van der Waals surface area contributed by atoms with Gasteiger partial charge in [0.1, 0.15) is 0 Å². The van der Waals surface area contributed by atoms with E-state index in [4.69, 9.17) is 4.74 Å². The van der Waals surface area contributed by atoms with Crippen LogP contribution in [0.3, 0.4) is 0 Å². The van der Waals surface area contributed by atoms with Crippen LogP contribution in [-0.2, 0) is 4.74 Å². The van der Waals surface area contributed by atoms with Crippen molar-refractivity contribution in [1.29, 1.82) is 0 Å². The van der Waals surface area contributed by atoms with Gasteiger partial charge in [-0.05, 0) is 7.05 Å². The number of likely N-dealkylation sites (N-methyl/N-ethyl adjacent to an activating group) is 1. The number of hydrogen-bond acceptors (Lipinski definition) is 2. The fourth-order valence-corrected chi connectivity index (χ4v) is 0.917. The molecule has 3 heteroatoms. The second kappa shape index (κ2) is 2.28. The van der Waals surface area contributed by atoms with Crippen LogP contribution in [0.25, 0.3) is 0 Å². The van der Waals surface area contributed by atoms with E-state index >= 15 is 0 Å². The van der Waals surface area contributed by atoms with Crippen molar-refractivity contribution in [3.05, 3.63) is 0 Å². The maximum atomic E-state index is 5.09. The number of ether oxygens (including phenoxy) is 1. The van der Waals surface area contributed by atoms with Crippen LogP contribution < -0.4 is 0 Å². The molecule has 1 unspecified atom stereocenters. The van der Waals surface area contributed by atoms with Gasteiger partial charge in [0.15, 0.2) is 0 Å². The molecule has 7 heavy (non-hydrogen) atoms. The van der Waals surface area contributed by atoms with Gasteiger partial charge in [-0.15, -0.1) is 0 Å². The van der Waals surface area contributed by atoms with Crippen LogP contribution in [0.5, 0.6) is 0 Å². The van der Waals surface area contributed by atoms with E-state index in [-0.39, 0.29) is 0 Å². The minimum atomic E-state index is 0.595. The summed E-state index contributed by atoms with van der Waals surface area (Å²) in [5, 5.41) is 0. The van der Waals surface area contributed by atoms with E-state index in [2.05, 4.69) is 34.5 Å². The van der Waals surface area contributed by atoms with Crippen LogP contribution in [0.15, 0.2) is 0 Å². The summed E-state index contributed by atoms with van der Waals surface area (Å²) in [5.74, 6) is 0. The molecule has 0 radical (unpaired) electrons. The largest absolute Gasteiger partial charge is 0.364 e. The third-order valence-electron chi connectivity index (χ3n) is 1.03. The molecule has 0 aromatic heterocycles. The Balaban J connectivity index is 2.33. The molecule has 0 aliphatic carbocycles. The lowest BCUT2D eigenvalue weighted by molar-refractivity contribution is 0.154. The highest BCUT2D eigenvalue weighted by atomic mass is 127. The van der Waals surface area contributed by atoms with Crippen molar-refractivity contribution in [2.75, 3.05) is 20.4 Å². The van der Waals surface area contributed by atoms with Crippen LogP contribution in [-0.4, -0.2) is 29.3 Å². The Bertz CT molecular complexity index is 60.7. The van der Waals surface area contributed by atoms with Crippen molar-refractivity contribution in [2.45, 2.75) is 4.05 Å². The van der Waals surface area contributed by atoms with E-state index in [0.29, 0.717) is 4.05 Å². The summed E-state index contributed by atoms with van der Waals surface area (Å²) in [6.45, 7) is 1.69. The van der Waals surface area contributed by atoms with E-state index < -0.39 is 0 Å². The zero-order valence-electron chi connectivity index (χ0n) is 4.22. The molecule has 0 saturated carbocycles. The molecule has 0 amide bonds. The Labute approximate surface area is 57.0 Å². The van der Waals surface area contributed by atoms with E-state index in [1.807, 2.05) is 0 Å². The Morgan fingerprint density at radius 2 is 2.57 bits per heavy atom. The molecule has 1 fully saturated rings. The van der Waals surface area contributed by atoms with E-state index in [9.17, 15) is 0 Å². The molecule has 0 N–H and O–H groups in total. The molecular formula is C4H8INO. The van der Waals surface area contributed by atoms with Crippen LogP contribution in [0, 0.1) is 0 Å². The third-order valence-corrected chi connectivity index (χ3v) is 2.34. The van der Waals surface area contributed by atoms with Gasteiger partial charge in [-0.1, -0.05) is 22.6 Å². The van der Waals surface area contributed by atoms with Crippen LogP contribution in [0.1, 0.15) is 0 Å². The standard InChI is InChI=1S/C4H8INO/c1-6-3-7-2-4(6)5/h4H,2-3H2,1H3. The quantitative estimate of drug-likeness (QED) is 0.333. The molecule has 0 spiro atoms. The summed E-state index contributed by atoms with van der Waals surface area (Å²) in [4.78, 5) is 2.17. The highest BCUT2D eigenvalue weighted by Gasteiger charge is 2.16. The molecule has 1 aliphatic heterocycles. The van der Waals surface area contributed by atoms with E-state index in [1.54, 1.807) is 0 Å². The van der Waals surface area contributed by atoms with Gasteiger partial charge in [-0.3, -0.25) is 4.90 Å². The Kier molecular flexibility index (Phi) is 1.88. The van der Waals surface area contributed by atoms with Crippen molar-refractivity contribution in [1.82, 2.24) is 4.90 Å². The summed E-state index contributed by atoms with van der Waals surface area (Å²) in [5.41, 5.74) is 0. The van der Waals surface area contributed by atoms with Gasteiger partial charge in [0.2, 0.25) is 0 Å². The smallest absolute Gasteiger partial charge is 0.0998 e. The van der Waals surface area contributed by atoms with Gasteiger partial charge in [0.25, 0.3) is 0 Å².